The molecule has 6 aromatic rings. The van der Waals surface area contributed by atoms with Crippen LogP contribution in [0.1, 0.15) is 55.6 Å². The van der Waals surface area contributed by atoms with Gasteiger partial charge in [0, 0.05) is 0 Å². The third kappa shape index (κ3) is 4.50. The summed E-state index contributed by atoms with van der Waals surface area (Å²) in [6.45, 7) is 4.38. The van der Waals surface area contributed by atoms with Gasteiger partial charge in [0.1, 0.15) is 0 Å². The van der Waals surface area contributed by atoms with Gasteiger partial charge in [0.25, 0.3) is 0 Å². The molecule has 0 N–H and O–H groups in total. The quantitative estimate of drug-likeness (QED) is 0.202. The van der Waals surface area contributed by atoms with E-state index in [1.54, 1.807) is 0 Å². The monoisotopic (exact) mass is 526 g/mol. The van der Waals surface area contributed by atoms with E-state index in [2.05, 4.69) is 159 Å². The minimum Gasteiger partial charge on any atom is -0.0622 e. The molecule has 0 aliphatic heterocycles. The lowest BCUT2D eigenvalue weighted by Gasteiger charge is -2.34. The largest absolute Gasteiger partial charge is 0.0713 e. The molecule has 0 heteroatoms. The highest BCUT2D eigenvalue weighted by atomic mass is 14.5. The molecular formula is C41H34. The Bertz CT molecular complexity index is 1770. The van der Waals surface area contributed by atoms with Crippen molar-refractivity contribution in [1.29, 1.82) is 0 Å². The van der Waals surface area contributed by atoms with E-state index in [1.165, 1.54) is 66.8 Å². The van der Waals surface area contributed by atoms with Gasteiger partial charge in [-0.2, -0.15) is 0 Å². The third-order valence-electron chi connectivity index (χ3n) is 8.62. The van der Waals surface area contributed by atoms with Gasteiger partial charge in [-0.05, 0) is 82.3 Å². The fraction of sp³-hybridized carbons (Fsp3) is 0.122. The number of rotatable bonds is 6. The summed E-state index contributed by atoms with van der Waals surface area (Å²) < 4.78 is 0. The first-order valence-corrected chi connectivity index (χ1v) is 14.6. The van der Waals surface area contributed by atoms with E-state index < -0.39 is 0 Å². The van der Waals surface area contributed by atoms with Crippen LogP contribution in [0.3, 0.4) is 0 Å². The third-order valence-corrected chi connectivity index (χ3v) is 8.62. The van der Waals surface area contributed by atoms with Crippen molar-refractivity contribution in [3.8, 4) is 11.1 Å². The standard InChI is InChI=1S/C41H34/c1-29-22-30(2)24-34(23-29)26-33-19-21-40-38(28-33)37-27-32(25-31-12-6-3-7-13-31)18-20-39(37)41(40,35-14-8-4-9-15-35)36-16-10-5-11-17-36/h3-24,27-28H,25-26H2,1-2H3. The maximum absolute atomic E-state index is 2.46. The molecule has 0 amide bonds. The number of hydrogen-bond acceptors (Lipinski definition) is 0. The van der Waals surface area contributed by atoms with Gasteiger partial charge in [-0.3, -0.25) is 0 Å². The van der Waals surface area contributed by atoms with Gasteiger partial charge in [-0.1, -0.05) is 157 Å². The molecule has 0 saturated carbocycles. The molecule has 0 unspecified atom stereocenters. The molecule has 0 bridgehead atoms. The summed E-state index contributed by atoms with van der Waals surface area (Å²) >= 11 is 0. The van der Waals surface area contributed by atoms with Crippen molar-refractivity contribution in [2.24, 2.45) is 0 Å². The highest BCUT2D eigenvalue weighted by molar-refractivity contribution is 5.87. The molecule has 0 aromatic heterocycles. The first-order valence-electron chi connectivity index (χ1n) is 14.6. The molecule has 1 aliphatic rings. The van der Waals surface area contributed by atoms with Crippen LogP contribution in [0, 0.1) is 13.8 Å². The second-order valence-corrected chi connectivity index (χ2v) is 11.6. The Balaban J connectivity index is 1.45. The van der Waals surface area contributed by atoms with Gasteiger partial charge in [-0.25, -0.2) is 0 Å². The fourth-order valence-electron chi connectivity index (χ4n) is 7.05. The Morgan fingerprint density at radius 3 is 1.32 bits per heavy atom. The van der Waals surface area contributed by atoms with Crippen LogP contribution in [-0.2, 0) is 18.3 Å². The van der Waals surface area contributed by atoms with Gasteiger partial charge in [0.05, 0.1) is 5.41 Å². The van der Waals surface area contributed by atoms with Gasteiger partial charge in [0.15, 0.2) is 0 Å². The Morgan fingerprint density at radius 1 is 0.390 bits per heavy atom. The summed E-state index contributed by atoms with van der Waals surface area (Å²) in [7, 11) is 0. The smallest absolute Gasteiger partial charge is 0.0622 e. The average molecular weight is 527 g/mol. The summed E-state index contributed by atoms with van der Waals surface area (Å²) in [5.41, 5.74) is 15.7. The molecule has 0 spiro atoms. The van der Waals surface area contributed by atoms with Crippen molar-refractivity contribution in [2.45, 2.75) is 32.1 Å². The molecule has 0 saturated heterocycles. The van der Waals surface area contributed by atoms with Crippen LogP contribution in [0.2, 0.25) is 0 Å². The lowest BCUT2D eigenvalue weighted by molar-refractivity contribution is 0.767. The van der Waals surface area contributed by atoms with Crippen molar-refractivity contribution in [3.63, 3.8) is 0 Å². The minimum absolute atomic E-state index is 0.364. The summed E-state index contributed by atoms with van der Waals surface area (Å²) in [4.78, 5) is 0. The van der Waals surface area contributed by atoms with Crippen molar-refractivity contribution >= 4 is 0 Å². The normalized spacial score (nSPS) is 13.0. The molecule has 0 nitrogen and oxygen atoms in total. The maximum atomic E-state index is 2.46. The van der Waals surface area contributed by atoms with Gasteiger partial charge >= 0.3 is 0 Å². The van der Waals surface area contributed by atoms with Crippen molar-refractivity contribution in [2.75, 3.05) is 0 Å². The van der Waals surface area contributed by atoms with Gasteiger partial charge in [-0.15, -0.1) is 0 Å². The van der Waals surface area contributed by atoms with E-state index in [0.29, 0.717) is 0 Å². The van der Waals surface area contributed by atoms with Gasteiger partial charge < -0.3 is 0 Å². The predicted octanol–water partition coefficient (Wildman–Crippen LogP) is 9.85. The number of aryl methyl sites for hydroxylation is 2. The average Bonchev–Trinajstić information content (AvgIpc) is 3.28. The van der Waals surface area contributed by atoms with Crippen LogP contribution >= 0.6 is 0 Å². The topological polar surface area (TPSA) is 0 Å². The molecule has 0 fully saturated rings. The second-order valence-electron chi connectivity index (χ2n) is 11.6. The first kappa shape index (κ1) is 25.3. The Labute approximate surface area is 244 Å². The van der Waals surface area contributed by atoms with Crippen molar-refractivity contribution in [1.82, 2.24) is 0 Å². The maximum Gasteiger partial charge on any atom is 0.0713 e. The molecule has 1 aliphatic carbocycles. The number of benzene rings is 6. The molecular weight excluding hydrogens is 492 g/mol. The van der Waals surface area contributed by atoms with Crippen LogP contribution < -0.4 is 0 Å². The van der Waals surface area contributed by atoms with E-state index >= 15 is 0 Å². The second kappa shape index (κ2) is 10.4. The summed E-state index contributed by atoms with van der Waals surface area (Å²) in [5, 5.41) is 0. The SMILES string of the molecule is Cc1cc(C)cc(Cc2ccc3c(c2)-c2cc(Cc4ccccc4)ccc2C3(c2ccccc2)c2ccccc2)c1. The Hall–Kier alpha value is -4.68. The van der Waals surface area contributed by atoms with Crippen molar-refractivity contribution < 1.29 is 0 Å². The van der Waals surface area contributed by atoms with E-state index in [9.17, 15) is 0 Å². The molecule has 0 radical (unpaired) electrons. The molecule has 0 atom stereocenters. The Morgan fingerprint density at radius 2 is 0.829 bits per heavy atom. The summed E-state index contributed by atoms with van der Waals surface area (Å²) in [6, 6.07) is 54.3. The number of fused-ring (bicyclic) bond motifs is 3. The molecule has 7 rings (SSSR count). The van der Waals surface area contributed by atoms with Crippen molar-refractivity contribution in [3.05, 3.63) is 201 Å². The zero-order valence-corrected chi connectivity index (χ0v) is 23.8. The zero-order valence-electron chi connectivity index (χ0n) is 23.8. The van der Waals surface area contributed by atoms with Gasteiger partial charge in [0.2, 0.25) is 0 Å². The zero-order chi connectivity index (χ0) is 27.8. The lowest BCUT2D eigenvalue weighted by Crippen LogP contribution is -2.28. The van der Waals surface area contributed by atoms with E-state index in [0.717, 1.165) is 12.8 Å². The van der Waals surface area contributed by atoms with Crippen LogP contribution in [-0.4, -0.2) is 0 Å². The fourth-order valence-corrected chi connectivity index (χ4v) is 7.05. The first-order chi connectivity index (χ1) is 20.1. The predicted molar refractivity (Wildman–Crippen MR) is 172 cm³/mol. The van der Waals surface area contributed by atoms with Crippen LogP contribution in [0.15, 0.2) is 146 Å². The Kier molecular flexibility index (Phi) is 6.40. The minimum atomic E-state index is -0.364. The van der Waals surface area contributed by atoms with E-state index in [4.69, 9.17) is 0 Å². The van der Waals surface area contributed by atoms with E-state index in [-0.39, 0.29) is 5.41 Å². The molecule has 0 heterocycles. The van der Waals surface area contributed by atoms with E-state index in [1.807, 2.05) is 0 Å². The summed E-state index contributed by atoms with van der Waals surface area (Å²) in [6.07, 6.45) is 1.86. The molecule has 198 valence electrons. The van der Waals surface area contributed by atoms with Crippen LogP contribution in [0.5, 0.6) is 0 Å². The lowest BCUT2D eigenvalue weighted by atomic mass is 9.67. The van der Waals surface area contributed by atoms with Crippen LogP contribution in [0.4, 0.5) is 0 Å². The highest BCUT2D eigenvalue weighted by Gasteiger charge is 2.46. The van der Waals surface area contributed by atoms with Crippen LogP contribution in [0.25, 0.3) is 11.1 Å². The molecule has 41 heavy (non-hydrogen) atoms. The number of hydrogen-bond donors (Lipinski definition) is 0. The molecule has 6 aromatic carbocycles. The highest BCUT2D eigenvalue weighted by Crippen LogP contribution is 2.56. The summed E-state index contributed by atoms with van der Waals surface area (Å²) in [5.74, 6) is 0.